The highest BCUT2D eigenvalue weighted by atomic mass is 19.4. The molecule has 0 saturated carbocycles. The van der Waals surface area contributed by atoms with Gasteiger partial charge in [-0.2, -0.15) is 28.8 Å². The van der Waals surface area contributed by atoms with Crippen LogP contribution in [0.2, 0.25) is 0 Å². The molecule has 0 bridgehead atoms. The Hall–Kier alpha value is -3.73. The van der Waals surface area contributed by atoms with E-state index in [2.05, 4.69) is 10.5 Å². The van der Waals surface area contributed by atoms with Crippen LogP contribution in [-0.2, 0) is 6.18 Å². The number of nitrogens with one attached hydrogen (secondary N) is 1. The number of hydrogen-bond donors (Lipinski definition) is 1. The zero-order chi connectivity index (χ0) is 20.2. The average Bonchev–Trinajstić information content (AvgIpc) is 2.59. The topological polar surface area (TPSA) is 81.2 Å². The van der Waals surface area contributed by atoms with Gasteiger partial charge in [-0.15, -0.1) is 0 Å². The number of rotatable bonds is 4. The van der Waals surface area contributed by atoms with Crippen LogP contribution >= 0.6 is 0 Å². The number of ether oxygens (including phenoxy) is 1. The Kier molecular flexibility index (Phi) is 5.56. The highest BCUT2D eigenvalue weighted by Gasteiger charge is 2.33. The Morgan fingerprint density at radius 3 is 2.04 bits per heavy atom. The van der Waals surface area contributed by atoms with Crippen LogP contribution in [0.25, 0.3) is 0 Å². The van der Waals surface area contributed by atoms with E-state index in [9.17, 15) is 26.3 Å². The van der Waals surface area contributed by atoms with E-state index in [1.54, 1.807) is 0 Å². The summed E-state index contributed by atoms with van der Waals surface area (Å²) in [6.07, 6.45) is -4.97. The van der Waals surface area contributed by atoms with Crippen LogP contribution in [0.4, 0.5) is 32.0 Å². The smallest absolute Gasteiger partial charge is 0.416 e. The molecule has 0 amide bonds. The molecule has 2 rings (SSSR count). The normalized spacial score (nSPS) is 10.5. The number of nitriles is 2. The van der Waals surface area contributed by atoms with Gasteiger partial charge in [0.1, 0.15) is 12.1 Å². The van der Waals surface area contributed by atoms with E-state index < -0.39 is 46.4 Å². The summed E-state index contributed by atoms with van der Waals surface area (Å²) < 4.78 is 83.7. The van der Waals surface area contributed by atoms with Gasteiger partial charge in [0.25, 0.3) is 0 Å². The minimum Gasteiger partial charge on any atom is -0.448 e. The molecule has 2 aromatic rings. The minimum absolute atomic E-state index is 0.0201. The second-order valence-electron chi connectivity index (χ2n) is 4.81. The third-order valence-electron chi connectivity index (χ3n) is 2.98. The number of anilines is 1. The first kappa shape index (κ1) is 19.6. The van der Waals surface area contributed by atoms with Crippen molar-refractivity contribution in [3.05, 3.63) is 53.3 Å². The summed E-state index contributed by atoms with van der Waals surface area (Å²) in [5.74, 6) is -6.36. The maximum Gasteiger partial charge on any atom is 0.416 e. The Morgan fingerprint density at radius 2 is 1.56 bits per heavy atom. The van der Waals surface area contributed by atoms with Crippen LogP contribution < -0.4 is 10.2 Å². The molecule has 27 heavy (non-hydrogen) atoms. The Balaban J connectivity index is 2.28. The summed E-state index contributed by atoms with van der Waals surface area (Å²) in [4.78, 5) is 0. The number of hydrogen-bond acceptors (Lipinski definition) is 5. The van der Waals surface area contributed by atoms with Crippen LogP contribution in [0.15, 0.2) is 35.4 Å². The third kappa shape index (κ3) is 4.67. The van der Waals surface area contributed by atoms with Gasteiger partial charge in [-0.3, -0.25) is 5.43 Å². The molecule has 1 N–H and O–H groups in total. The maximum atomic E-state index is 14.0. The zero-order valence-corrected chi connectivity index (χ0v) is 12.9. The van der Waals surface area contributed by atoms with Crippen molar-refractivity contribution in [2.45, 2.75) is 6.18 Å². The Morgan fingerprint density at radius 1 is 0.963 bits per heavy atom. The van der Waals surface area contributed by atoms with Crippen LogP contribution in [0.1, 0.15) is 5.56 Å². The number of hydrazone groups is 1. The Labute approximate surface area is 147 Å². The van der Waals surface area contributed by atoms with Crippen molar-refractivity contribution in [2.24, 2.45) is 5.10 Å². The quantitative estimate of drug-likeness (QED) is 0.469. The van der Waals surface area contributed by atoms with Gasteiger partial charge in [0, 0.05) is 6.07 Å². The molecule has 5 nitrogen and oxygen atoms in total. The van der Waals surface area contributed by atoms with Gasteiger partial charge in [-0.25, -0.2) is 13.2 Å². The van der Waals surface area contributed by atoms with Gasteiger partial charge in [0.2, 0.25) is 5.71 Å². The second kappa shape index (κ2) is 7.66. The first-order valence-corrected chi connectivity index (χ1v) is 6.83. The lowest BCUT2D eigenvalue weighted by molar-refractivity contribution is -0.138. The van der Waals surface area contributed by atoms with E-state index in [0.29, 0.717) is 0 Å². The van der Waals surface area contributed by atoms with Crippen LogP contribution in [0, 0.1) is 40.1 Å². The van der Waals surface area contributed by atoms with Crippen molar-refractivity contribution in [3.63, 3.8) is 0 Å². The second-order valence-corrected chi connectivity index (χ2v) is 4.81. The third-order valence-corrected chi connectivity index (χ3v) is 2.98. The highest BCUT2D eigenvalue weighted by molar-refractivity contribution is 6.10. The average molecular weight is 384 g/mol. The van der Waals surface area contributed by atoms with E-state index in [0.717, 1.165) is 18.2 Å². The molecular weight excluding hydrogens is 378 g/mol. The van der Waals surface area contributed by atoms with Gasteiger partial charge >= 0.3 is 6.18 Å². The van der Waals surface area contributed by atoms with Crippen molar-refractivity contribution >= 4 is 11.4 Å². The molecule has 0 spiro atoms. The van der Waals surface area contributed by atoms with Crippen molar-refractivity contribution in [1.82, 2.24) is 0 Å². The van der Waals surface area contributed by atoms with E-state index >= 15 is 0 Å². The Bertz CT molecular complexity index is 949. The summed E-state index contributed by atoms with van der Waals surface area (Å²) >= 11 is 0. The molecule has 0 radical (unpaired) electrons. The monoisotopic (exact) mass is 384 g/mol. The summed E-state index contributed by atoms with van der Waals surface area (Å²) in [5, 5.41) is 20.4. The summed E-state index contributed by atoms with van der Waals surface area (Å²) in [6.45, 7) is 0. The predicted molar refractivity (Wildman–Crippen MR) is 80.1 cm³/mol. The van der Waals surface area contributed by atoms with Gasteiger partial charge in [-0.1, -0.05) is 0 Å². The molecule has 0 aliphatic rings. The summed E-state index contributed by atoms with van der Waals surface area (Å²) in [7, 11) is 0. The van der Waals surface area contributed by atoms with Crippen LogP contribution in [0.3, 0.4) is 0 Å². The van der Waals surface area contributed by atoms with E-state index in [4.69, 9.17) is 15.3 Å². The molecule has 0 fully saturated rings. The maximum absolute atomic E-state index is 14.0. The molecule has 138 valence electrons. The van der Waals surface area contributed by atoms with Crippen molar-refractivity contribution in [1.29, 1.82) is 10.5 Å². The van der Waals surface area contributed by atoms with Gasteiger partial charge in [0.05, 0.1) is 11.3 Å². The van der Waals surface area contributed by atoms with Gasteiger partial charge < -0.3 is 4.74 Å². The van der Waals surface area contributed by atoms with Crippen molar-refractivity contribution in [2.75, 3.05) is 5.43 Å². The molecule has 2 aromatic carbocycles. The first-order valence-electron chi connectivity index (χ1n) is 6.83. The lowest BCUT2D eigenvalue weighted by Crippen LogP contribution is -2.07. The van der Waals surface area contributed by atoms with Crippen LogP contribution in [0.5, 0.6) is 11.5 Å². The number of benzene rings is 2. The molecule has 0 aromatic heterocycles. The molecule has 0 heterocycles. The first-order chi connectivity index (χ1) is 12.7. The van der Waals surface area contributed by atoms with Gasteiger partial charge in [0.15, 0.2) is 29.0 Å². The van der Waals surface area contributed by atoms with Crippen molar-refractivity contribution in [3.8, 4) is 23.6 Å². The molecule has 0 atom stereocenters. The highest BCUT2D eigenvalue weighted by Crippen LogP contribution is 2.36. The molecular formula is C16H6F6N4O. The molecule has 11 heteroatoms. The van der Waals surface area contributed by atoms with Crippen LogP contribution in [-0.4, -0.2) is 5.71 Å². The summed E-state index contributed by atoms with van der Waals surface area (Å²) in [5.41, 5.74) is 0.0694. The fraction of sp³-hybridized carbons (Fsp3) is 0.0625. The molecule has 0 aliphatic heterocycles. The number of halogens is 6. The SMILES string of the molecule is N#CC(C#N)=NNc1ccc(Oc2c(F)cc(C(F)(F)F)cc2F)c(F)c1. The van der Waals surface area contributed by atoms with Crippen molar-refractivity contribution < 1.29 is 31.1 Å². The molecule has 0 unspecified atom stereocenters. The summed E-state index contributed by atoms with van der Waals surface area (Å²) in [6, 6.07) is 5.77. The van der Waals surface area contributed by atoms with Gasteiger partial charge in [-0.05, 0) is 24.3 Å². The standard InChI is InChI=1S/C16H6F6N4O/c17-11-5-9(25-26-10(6-23)7-24)1-2-14(11)27-15-12(18)3-8(4-13(15)19)16(20,21)22/h1-5,25H. The van der Waals surface area contributed by atoms with E-state index in [1.807, 2.05) is 0 Å². The largest absolute Gasteiger partial charge is 0.448 e. The minimum atomic E-state index is -4.97. The lowest BCUT2D eigenvalue weighted by Gasteiger charge is -2.12. The number of nitrogens with zero attached hydrogens (tertiary/aromatic N) is 3. The van der Waals surface area contributed by atoms with E-state index in [-0.39, 0.29) is 17.8 Å². The predicted octanol–water partition coefficient (Wildman–Crippen LogP) is 4.73. The molecule has 0 aliphatic carbocycles. The molecule has 0 saturated heterocycles. The lowest BCUT2D eigenvalue weighted by atomic mass is 10.2. The fourth-order valence-corrected chi connectivity index (χ4v) is 1.78. The number of alkyl halides is 3. The zero-order valence-electron chi connectivity index (χ0n) is 12.9. The fourth-order valence-electron chi connectivity index (χ4n) is 1.78. The van der Waals surface area contributed by atoms with E-state index in [1.165, 1.54) is 12.1 Å².